The Morgan fingerprint density at radius 3 is 2.22 bits per heavy atom. The summed E-state index contributed by atoms with van der Waals surface area (Å²) in [5.74, 6) is -0.355. The SMILES string of the molecule is Cc1ccc(CNC(=O)c2ccccc2NC(=O)CNc2ccccc2NC(=O)CC2C=CCC2)cc1. The maximum absolute atomic E-state index is 12.8. The van der Waals surface area contributed by atoms with E-state index in [1.807, 2.05) is 49.4 Å². The summed E-state index contributed by atoms with van der Waals surface area (Å²) in [6, 6.07) is 22.1. The van der Waals surface area contributed by atoms with Crippen LogP contribution in [0.25, 0.3) is 0 Å². The summed E-state index contributed by atoms with van der Waals surface area (Å²) >= 11 is 0. The molecular weight excluding hydrogens is 464 g/mol. The van der Waals surface area contributed by atoms with E-state index in [-0.39, 0.29) is 30.2 Å². The second-order valence-electron chi connectivity index (χ2n) is 9.18. The Morgan fingerprint density at radius 1 is 0.811 bits per heavy atom. The Hall–Kier alpha value is -4.39. The lowest BCUT2D eigenvalue weighted by Gasteiger charge is -2.15. The fraction of sp³-hybridized carbons (Fsp3) is 0.233. The van der Waals surface area contributed by atoms with Crippen LogP contribution in [-0.4, -0.2) is 24.3 Å². The summed E-state index contributed by atoms with van der Waals surface area (Å²) in [4.78, 5) is 38.0. The predicted molar refractivity (Wildman–Crippen MR) is 147 cm³/mol. The first-order chi connectivity index (χ1) is 18.0. The minimum Gasteiger partial charge on any atom is -0.374 e. The van der Waals surface area contributed by atoms with Gasteiger partial charge in [0.25, 0.3) is 5.91 Å². The molecule has 0 heterocycles. The number of hydrogen-bond donors (Lipinski definition) is 4. The number of rotatable bonds is 10. The summed E-state index contributed by atoms with van der Waals surface area (Å²) in [5, 5.41) is 11.8. The fourth-order valence-electron chi connectivity index (χ4n) is 4.19. The lowest BCUT2D eigenvalue weighted by atomic mass is 10.0. The summed E-state index contributed by atoms with van der Waals surface area (Å²) in [5.41, 5.74) is 4.24. The molecule has 0 aromatic heterocycles. The number of allylic oxidation sites excluding steroid dienone is 2. The van der Waals surface area contributed by atoms with E-state index in [0.29, 0.717) is 35.6 Å². The average molecular weight is 497 g/mol. The van der Waals surface area contributed by atoms with E-state index in [1.54, 1.807) is 30.3 Å². The van der Waals surface area contributed by atoms with Crippen LogP contribution in [0.4, 0.5) is 17.1 Å². The molecule has 3 aromatic rings. The van der Waals surface area contributed by atoms with Gasteiger partial charge < -0.3 is 21.3 Å². The number of aryl methyl sites for hydroxylation is 1. The highest BCUT2D eigenvalue weighted by Gasteiger charge is 2.16. The van der Waals surface area contributed by atoms with Crippen molar-refractivity contribution in [2.75, 3.05) is 22.5 Å². The van der Waals surface area contributed by atoms with Crippen molar-refractivity contribution in [3.05, 3.63) is 102 Å². The predicted octanol–water partition coefficient (Wildman–Crippen LogP) is 5.27. The zero-order valence-corrected chi connectivity index (χ0v) is 20.9. The molecule has 7 heteroatoms. The third kappa shape index (κ3) is 7.54. The van der Waals surface area contributed by atoms with Gasteiger partial charge in [-0.15, -0.1) is 0 Å². The van der Waals surface area contributed by atoms with E-state index in [1.165, 1.54) is 0 Å². The van der Waals surface area contributed by atoms with E-state index in [0.717, 1.165) is 24.0 Å². The number of nitrogens with one attached hydrogen (secondary N) is 4. The van der Waals surface area contributed by atoms with Crippen LogP contribution in [-0.2, 0) is 16.1 Å². The average Bonchev–Trinajstić information content (AvgIpc) is 3.41. The molecular formula is C30H32N4O3. The molecule has 3 aromatic carbocycles. The van der Waals surface area contributed by atoms with Crippen molar-refractivity contribution in [3.8, 4) is 0 Å². The van der Waals surface area contributed by atoms with Gasteiger partial charge in [-0.2, -0.15) is 0 Å². The van der Waals surface area contributed by atoms with Crippen molar-refractivity contribution >= 4 is 34.8 Å². The van der Waals surface area contributed by atoms with Crippen molar-refractivity contribution in [1.29, 1.82) is 0 Å². The molecule has 37 heavy (non-hydrogen) atoms. The minimum atomic E-state index is -0.309. The first-order valence-corrected chi connectivity index (χ1v) is 12.5. The molecule has 4 rings (SSSR count). The van der Waals surface area contributed by atoms with Crippen molar-refractivity contribution in [2.24, 2.45) is 5.92 Å². The van der Waals surface area contributed by atoms with Gasteiger partial charge in [0, 0.05) is 13.0 Å². The molecule has 0 radical (unpaired) electrons. The van der Waals surface area contributed by atoms with Crippen LogP contribution >= 0.6 is 0 Å². The van der Waals surface area contributed by atoms with Crippen molar-refractivity contribution < 1.29 is 14.4 Å². The molecule has 0 saturated heterocycles. The topological polar surface area (TPSA) is 99.3 Å². The van der Waals surface area contributed by atoms with Crippen molar-refractivity contribution in [3.63, 3.8) is 0 Å². The van der Waals surface area contributed by atoms with E-state index in [4.69, 9.17) is 0 Å². The number of carbonyl (C=O) groups is 3. The van der Waals surface area contributed by atoms with Crippen LogP contribution in [0.5, 0.6) is 0 Å². The third-order valence-corrected chi connectivity index (χ3v) is 6.22. The van der Waals surface area contributed by atoms with E-state index < -0.39 is 0 Å². The molecule has 1 aliphatic rings. The Morgan fingerprint density at radius 2 is 1.49 bits per heavy atom. The molecule has 0 bridgehead atoms. The monoisotopic (exact) mass is 496 g/mol. The first-order valence-electron chi connectivity index (χ1n) is 12.5. The highest BCUT2D eigenvalue weighted by atomic mass is 16.2. The normalized spacial score (nSPS) is 14.1. The summed E-state index contributed by atoms with van der Waals surface area (Å²) in [7, 11) is 0. The van der Waals surface area contributed by atoms with E-state index >= 15 is 0 Å². The van der Waals surface area contributed by atoms with Crippen LogP contribution in [0.15, 0.2) is 84.9 Å². The maximum Gasteiger partial charge on any atom is 0.253 e. The van der Waals surface area contributed by atoms with Gasteiger partial charge in [-0.05, 0) is 55.5 Å². The zero-order valence-electron chi connectivity index (χ0n) is 20.9. The molecule has 1 atom stereocenters. The van der Waals surface area contributed by atoms with Gasteiger partial charge in [0.1, 0.15) is 0 Å². The van der Waals surface area contributed by atoms with Crippen LogP contribution in [0, 0.1) is 12.8 Å². The molecule has 0 saturated carbocycles. The number of hydrogen-bond acceptors (Lipinski definition) is 4. The quantitative estimate of drug-likeness (QED) is 0.287. The van der Waals surface area contributed by atoms with E-state index in [9.17, 15) is 14.4 Å². The van der Waals surface area contributed by atoms with Gasteiger partial charge in [-0.3, -0.25) is 14.4 Å². The molecule has 1 unspecified atom stereocenters. The van der Waals surface area contributed by atoms with Crippen LogP contribution in [0.3, 0.4) is 0 Å². The number of para-hydroxylation sites is 3. The maximum atomic E-state index is 12.8. The Kier molecular flexibility index (Phi) is 8.70. The zero-order chi connectivity index (χ0) is 26.0. The molecule has 3 amide bonds. The van der Waals surface area contributed by atoms with Gasteiger partial charge in [0.15, 0.2) is 0 Å². The Labute approximate surface area is 217 Å². The second kappa shape index (κ2) is 12.5. The van der Waals surface area contributed by atoms with Gasteiger partial charge in [-0.1, -0.05) is 66.2 Å². The Bertz CT molecular complexity index is 1280. The van der Waals surface area contributed by atoms with Crippen LogP contribution in [0.1, 0.15) is 40.7 Å². The third-order valence-electron chi connectivity index (χ3n) is 6.22. The summed E-state index contributed by atoms with van der Waals surface area (Å²) in [6.45, 7) is 2.37. The molecule has 190 valence electrons. The van der Waals surface area contributed by atoms with Crippen molar-refractivity contribution in [1.82, 2.24) is 5.32 Å². The standard InChI is InChI=1S/C30H32N4O3/c1-21-14-16-23(17-15-21)19-32-30(37)24-10-4-5-11-25(24)33-29(36)20-31-26-12-6-7-13-27(26)34-28(35)18-22-8-2-3-9-22/h2,4-8,10-17,22,31H,3,9,18-20H2,1H3,(H,32,37)(H,33,36)(H,34,35). The minimum absolute atomic E-state index is 0.0302. The fourth-order valence-corrected chi connectivity index (χ4v) is 4.19. The lowest BCUT2D eigenvalue weighted by Crippen LogP contribution is -2.27. The molecule has 0 fully saturated rings. The molecule has 0 spiro atoms. The number of anilines is 3. The Balaban J connectivity index is 1.32. The van der Waals surface area contributed by atoms with Gasteiger partial charge in [0.05, 0.1) is 29.2 Å². The van der Waals surface area contributed by atoms with Crippen LogP contribution < -0.4 is 21.3 Å². The van der Waals surface area contributed by atoms with Gasteiger partial charge in [-0.25, -0.2) is 0 Å². The van der Waals surface area contributed by atoms with Gasteiger partial charge in [0.2, 0.25) is 11.8 Å². The molecule has 7 nitrogen and oxygen atoms in total. The second-order valence-corrected chi connectivity index (χ2v) is 9.18. The van der Waals surface area contributed by atoms with Gasteiger partial charge >= 0.3 is 0 Å². The molecule has 1 aliphatic carbocycles. The number of amides is 3. The molecule has 4 N–H and O–H groups in total. The summed E-state index contributed by atoms with van der Waals surface area (Å²) < 4.78 is 0. The number of carbonyl (C=O) groups excluding carboxylic acids is 3. The lowest BCUT2D eigenvalue weighted by molar-refractivity contribution is -0.117. The van der Waals surface area contributed by atoms with Crippen LogP contribution in [0.2, 0.25) is 0 Å². The highest BCUT2D eigenvalue weighted by molar-refractivity contribution is 6.04. The van der Waals surface area contributed by atoms with E-state index in [2.05, 4.69) is 33.4 Å². The van der Waals surface area contributed by atoms with Crippen molar-refractivity contribution in [2.45, 2.75) is 32.7 Å². The smallest absolute Gasteiger partial charge is 0.253 e. The first kappa shape index (κ1) is 25.7. The largest absolute Gasteiger partial charge is 0.374 e. The number of benzene rings is 3. The summed E-state index contributed by atoms with van der Waals surface area (Å²) in [6.07, 6.45) is 6.66. The highest BCUT2D eigenvalue weighted by Crippen LogP contribution is 2.24. The molecule has 0 aliphatic heterocycles.